The Kier molecular flexibility index (Phi) is 3.19. The van der Waals surface area contributed by atoms with E-state index in [4.69, 9.17) is 4.98 Å². The van der Waals surface area contributed by atoms with E-state index in [1.54, 1.807) is 4.68 Å². The van der Waals surface area contributed by atoms with Crippen molar-refractivity contribution in [3.63, 3.8) is 0 Å². The van der Waals surface area contributed by atoms with E-state index in [1.165, 1.54) is 11.1 Å². The minimum Gasteiger partial charge on any atom is -0.331 e. The average molecular weight is 345 g/mol. The van der Waals surface area contributed by atoms with Gasteiger partial charge in [0.25, 0.3) is 0 Å². The second-order valence-corrected chi connectivity index (χ2v) is 6.93. The molecule has 7 nitrogen and oxygen atoms in total. The first-order valence-corrected chi connectivity index (χ1v) is 8.76. The van der Waals surface area contributed by atoms with Crippen molar-refractivity contribution >= 4 is 11.0 Å². The summed E-state index contributed by atoms with van der Waals surface area (Å²) >= 11 is 0. The molecule has 2 unspecified atom stereocenters. The number of aryl methyl sites for hydroxylation is 3. The minimum absolute atomic E-state index is 0.419. The van der Waals surface area contributed by atoms with Crippen LogP contribution in [-0.2, 0) is 7.05 Å². The van der Waals surface area contributed by atoms with E-state index in [2.05, 4.69) is 56.2 Å². The lowest BCUT2D eigenvalue weighted by molar-refractivity contribution is 0.767. The zero-order chi connectivity index (χ0) is 17.8. The van der Waals surface area contributed by atoms with Crippen LogP contribution in [0.4, 0.5) is 0 Å². The Morgan fingerprint density at radius 2 is 1.92 bits per heavy atom. The van der Waals surface area contributed by atoms with Gasteiger partial charge in [-0.05, 0) is 49.9 Å². The molecule has 0 aliphatic heterocycles. The molecule has 1 aromatic carbocycles. The van der Waals surface area contributed by atoms with Gasteiger partial charge in [-0.2, -0.15) is 9.78 Å². The minimum atomic E-state index is 0.419. The monoisotopic (exact) mass is 345 g/mol. The van der Waals surface area contributed by atoms with Gasteiger partial charge in [-0.1, -0.05) is 12.1 Å². The number of para-hydroxylation sites is 2. The van der Waals surface area contributed by atoms with Crippen LogP contribution in [-0.4, -0.2) is 34.5 Å². The SMILES string of the molecule is Cc1nc(C)n(-c2cc(C3CC3c3nc4ccccc4n3C)cnn2)n1. The summed E-state index contributed by atoms with van der Waals surface area (Å²) in [4.78, 5) is 9.19. The van der Waals surface area contributed by atoms with E-state index in [0.717, 1.165) is 35.2 Å². The quantitative estimate of drug-likeness (QED) is 0.571. The zero-order valence-corrected chi connectivity index (χ0v) is 15.0. The van der Waals surface area contributed by atoms with Crippen LogP contribution in [0.25, 0.3) is 16.9 Å². The number of benzene rings is 1. The van der Waals surface area contributed by atoms with E-state index in [9.17, 15) is 0 Å². The number of imidazole rings is 1. The smallest absolute Gasteiger partial charge is 0.178 e. The molecule has 0 radical (unpaired) electrons. The van der Waals surface area contributed by atoms with Crippen LogP contribution in [0.1, 0.15) is 41.3 Å². The van der Waals surface area contributed by atoms with E-state index in [0.29, 0.717) is 11.8 Å². The van der Waals surface area contributed by atoms with Gasteiger partial charge in [0.2, 0.25) is 0 Å². The van der Waals surface area contributed by atoms with E-state index in [1.807, 2.05) is 26.1 Å². The Morgan fingerprint density at radius 3 is 2.69 bits per heavy atom. The molecule has 7 heteroatoms. The average Bonchev–Trinajstić information content (AvgIpc) is 3.27. The summed E-state index contributed by atoms with van der Waals surface area (Å²) < 4.78 is 3.96. The molecule has 1 saturated carbocycles. The number of hydrogen-bond acceptors (Lipinski definition) is 5. The topological polar surface area (TPSA) is 74.3 Å². The van der Waals surface area contributed by atoms with Crippen molar-refractivity contribution < 1.29 is 0 Å². The Bertz CT molecular complexity index is 1120. The predicted molar refractivity (Wildman–Crippen MR) is 97.2 cm³/mol. The molecule has 0 saturated heterocycles. The van der Waals surface area contributed by atoms with Gasteiger partial charge in [0, 0.05) is 13.0 Å². The fraction of sp³-hybridized carbons (Fsp3) is 0.316. The lowest BCUT2D eigenvalue weighted by Crippen LogP contribution is -2.04. The summed E-state index contributed by atoms with van der Waals surface area (Å²) in [6.45, 7) is 3.80. The molecule has 0 bridgehead atoms. The van der Waals surface area contributed by atoms with Crippen LogP contribution in [0.2, 0.25) is 0 Å². The first-order chi connectivity index (χ1) is 12.6. The highest BCUT2D eigenvalue weighted by Crippen LogP contribution is 2.54. The van der Waals surface area contributed by atoms with Gasteiger partial charge < -0.3 is 4.57 Å². The Labute approximate surface area is 150 Å². The third-order valence-corrected chi connectivity index (χ3v) is 5.13. The summed E-state index contributed by atoms with van der Waals surface area (Å²) in [7, 11) is 2.10. The van der Waals surface area contributed by atoms with Gasteiger partial charge >= 0.3 is 0 Å². The maximum atomic E-state index is 4.85. The molecular formula is C19H19N7. The molecule has 1 fully saturated rings. The van der Waals surface area contributed by atoms with Gasteiger partial charge in [0.1, 0.15) is 17.5 Å². The highest BCUT2D eigenvalue weighted by atomic mass is 15.4. The normalized spacial score (nSPS) is 19.2. The molecule has 3 aromatic heterocycles. The lowest BCUT2D eigenvalue weighted by Gasteiger charge is -2.05. The molecule has 4 aromatic rings. The molecule has 0 spiro atoms. The molecule has 1 aliphatic carbocycles. The maximum Gasteiger partial charge on any atom is 0.178 e. The van der Waals surface area contributed by atoms with Crippen molar-refractivity contribution in [2.45, 2.75) is 32.1 Å². The summed E-state index contributed by atoms with van der Waals surface area (Å²) in [5.41, 5.74) is 3.41. The molecule has 0 amide bonds. The third-order valence-electron chi connectivity index (χ3n) is 5.13. The Morgan fingerprint density at radius 1 is 1.08 bits per heavy atom. The van der Waals surface area contributed by atoms with Crippen LogP contribution >= 0.6 is 0 Å². The van der Waals surface area contributed by atoms with Gasteiger partial charge in [-0.3, -0.25) is 0 Å². The molecule has 130 valence electrons. The molecule has 2 atom stereocenters. The molecule has 3 heterocycles. The van der Waals surface area contributed by atoms with Crippen LogP contribution in [0.5, 0.6) is 0 Å². The van der Waals surface area contributed by atoms with Crippen LogP contribution in [0, 0.1) is 13.8 Å². The first kappa shape index (κ1) is 15.2. The van der Waals surface area contributed by atoms with Crippen molar-refractivity contribution in [2.24, 2.45) is 7.05 Å². The number of rotatable bonds is 3. The molecule has 1 aliphatic rings. The third kappa shape index (κ3) is 2.31. The fourth-order valence-corrected chi connectivity index (χ4v) is 3.76. The zero-order valence-electron chi connectivity index (χ0n) is 15.0. The van der Waals surface area contributed by atoms with E-state index >= 15 is 0 Å². The number of fused-ring (bicyclic) bond motifs is 1. The summed E-state index contributed by atoms with van der Waals surface area (Å²) in [5.74, 6) is 4.25. The van der Waals surface area contributed by atoms with Crippen LogP contribution in [0.3, 0.4) is 0 Å². The highest BCUT2D eigenvalue weighted by molar-refractivity contribution is 5.76. The van der Waals surface area contributed by atoms with Gasteiger partial charge in [-0.15, -0.1) is 10.2 Å². The standard InChI is InChI=1S/C19H19N7/c1-11-21-12(2)26(24-11)18-8-13(10-20-23-18)14-9-15(14)19-22-16-6-4-5-7-17(16)25(19)3/h4-8,10,14-15H,9H2,1-3H3. The van der Waals surface area contributed by atoms with Crippen molar-refractivity contribution in [3.8, 4) is 5.82 Å². The van der Waals surface area contributed by atoms with Crippen molar-refractivity contribution in [1.82, 2.24) is 34.5 Å². The second kappa shape index (κ2) is 5.45. The Hall–Kier alpha value is -3.09. The highest BCUT2D eigenvalue weighted by Gasteiger charge is 2.43. The Balaban J connectivity index is 1.48. The number of hydrogen-bond donors (Lipinski definition) is 0. The predicted octanol–water partition coefficient (Wildman–Crippen LogP) is 2.83. The summed E-state index contributed by atoms with van der Waals surface area (Å²) in [6, 6.07) is 10.3. The van der Waals surface area contributed by atoms with Crippen molar-refractivity contribution in [3.05, 3.63) is 59.6 Å². The van der Waals surface area contributed by atoms with Crippen LogP contribution < -0.4 is 0 Å². The lowest BCUT2D eigenvalue weighted by atomic mass is 10.1. The van der Waals surface area contributed by atoms with E-state index in [-0.39, 0.29) is 0 Å². The summed E-state index contributed by atoms with van der Waals surface area (Å²) in [5, 5.41) is 12.8. The van der Waals surface area contributed by atoms with Gasteiger partial charge in [0.05, 0.1) is 17.2 Å². The molecule has 5 rings (SSSR count). The molecule has 26 heavy (non-hydrogen) atoms. The number of aromatic nitrogens is 7. The van der Waals surface area contributed by atoms with Crippen LogP contribution in [0.15, 0.2) is 36.5 Å². The largest absolute Gasteiger partial charge is 0.331 e. The van der Waals surface area contributed by atoms with Crippen molar-refractivity contribution in [2.75, 3.05) is 0 Å². The molecule has 0 N–H and O–H groups in total. The maximum absolute atomic E-state index is 4.85. The summed E-state index contributed by atoms with van der Waals surface area (Å²) in [6.07, 6.45) is 2.94. The molecular weight excluding hydrogens is 326 g/mol. The number of nitrogens with zero attached hydrogens (tertiary/aromatic N) is 7. The fourth-order valence-electron chi connectivity index (χ4n) is 3.76. The van der Waals surface area contributed by atoms with Gasteiger partial charge in [-0.25, -0.2) is 9.97 Å². The second-order valence-electron chi connectivity index (χ2n) is 6.93. The van der Waals surface area contributed by atoms with E-state index < -0.39 is 0 Å². The van der Waals surface area contributed by atoms with Gasteiger partial charge in [0.15, 0.2) is 5.82 Å². The van der Waals surface area contributed by atoms with Crippen molar-refractivity contribution in [1.29, 1.82) is 0 Å². The first-order valence-electron chi connectivity index (χ1n) is 8.76.